The van der Waals surface area contributed by atoms with Crippen LogP contribution in [0.25, 0.3) is 0 Å². The van der Waals surface area contributed by atoms with Gasteiger partial charge in [-0.25, -0.2) is 4.99 Å². The summed E-state index contributed by atoms with van der Waals surface area (Å²) >= 11 is 0. The van der Waals surface area contributed by atoms with Crippen LogP contribution in [0.3, 0.4) is 0 Å². The summed E-state index contributed by atoms with van der Waals surface area (Å²) in [5.41, 5.74) is 3.58. The number of benzene rings is 2. The van der Waals surface area contributed by atoms with Gasteiger partial charge in [-0.3, -0.25) is 4.79 Å². The lowest BCUT2D eigenvalue weighted by atomic mass is 10.1. The van der Waals surface area contributed by atoms with Gasteiger partial charge < -0.3 is 20.3 Å². The Balaban J connectivity index is 0.00000341. The van der Waals surface area contributed by atoms with E-state index in [4.69, 9.17) is 9.73 Å². The lowest BCUT2D eigenvalue weighted by Gasteiger charge is -2.15. The molecule has 0 radical (unpaired) electrons. The molecule has 0 atom stereocenters. The van der Waals surface area contributed by atoms with Crippen molar-refractivity contribution in [3.05, 3.63) is 65.2 Å². The molecule has 7 heteroatoms. The zero-order valence-electron chi connectivity index (χ0n) is 18.4. The highest BCUT2D eigenvalue weighted by atomic mass is 127. The minimum Gasteiger partial charge on any atom is -0.497 e. The van der Waals surface area contributed by atoms with Crippen LogP contribution in [-0.2, 0) is 24.3 Å². The Hall–Kier alpha value is -2.29. The molecular formula is C24H33IN4O2. The van der Waals surface area contributed by atoms with Crippen LogP contribution in [0, 0.1) is 0 Å². The van der Waals surface area contributed by atoms with Gasteiger partial charge in [-0.15, -0.1) is 24.0 Å². The summed E-state index contributed by atoms with van der Waals surface area (Å²) in [7, 11) is 1.68. The molecule has 1 aliphatic rings. The van der Waals surface area contributed by atoms with Crippen molar-refractivity contribution >= 4 is 35.8 Å². The number of carbonyl (C=O) groups excluding carboxylic acids is 1. The van der Waals surface area contributed by atoms with Gasteiger partial charge in [0.1, 0.15) is 5.75 Å². The Morgan fingerprint density at radius 2 is 1.71 bits per heavy atom. The lowest BCUT2D eigenvalue weighted by molar-refractivity contribution is -0.128. The first-order valence-electron chi connectivity index (χ1n) is 10.7. The van der Waals surface area contributed by atoms with Crippen LogP contribution in [0.2, 0.25) is 0 Å². The Labute approximate surface area is 202 Å². The van der Waals surface area contributed by atoms with Gasteiger partial charge in [-0.2, -0.15) is 0 Å². The second-order valence-corrected chi connectivity index (χ2v) is 7.46. The monoisotopic (exact) mass is 536 g/mol. The highest BCUT2D eigenvalue weighted by molar-refractivity contribution is 14.0. The van der Waals surface area contributed by atoms with Gasteiger partial charge in [0.2, 0.25) is 5.91 Å². The number of amides is 1. The molecule has 2 aromatic carbocycles. The standard InChI is InChI=1S/C24H32N4O2.HI/c1-3-25-24(26-15-14-19-10-12-22(30-2)13-11-19)27-17-20-6-8-21(9-7-20)18-28-16-4-5-23(28)29;/h6-13H,3-5,14-18H2,1-2H3,(H2,25,26,27);1H. The average Bonchev–Trinajstić information content (AvgIpc) is 3.18. The highest BCUT2D eigenvalue weighted by Crippen LogP contribution is 2.15. The second kappa shape index (κ2) is 13.2. The first-order chi connectivity index (χ1) is 14.7. The number of halogens is 1. The predicted molar refractivity (Wildman–Crippen MR) is 136 cm³/mol. The van der Waals surface area contributed by atoms with Crippen LogP contribution in [-0.4, -0.2) is 43.5 Å². The summed E-state index contributed by atoms with van der Waals surface area (Å²) in [6.07, 6.45) is 2.58. The van der Waals surface area contributed by atoms with Crippen molar-refractivity contribution in [2.75, 3.05) is 26.7 Å². The average molecular weight is 536 g/mol. The molecule has 168 valence electrons. The molecule has 1 aliphatic heterocycles. The summed E-state index contributed by atoms with van der Waals surface area (Å²) in [6.45, 7) is 5.88. The normalized spacial score (nSPS) is 13.7. The number of guanidine groups is 1. The van der Waals surface area contributed by atoms with Crippen molar-refractivity contribution in [2.45, 2.75) is 39.3 Å². The fourth-order valence-corrected chi connectivity index (χ4v) is 3.47. The van der Waals surface area contributed by atoms with Crippen molar-refractivity contribution < 1.29 is 9.53 Å². The predicted octanol–water partition coefficient (Wildman–Crippen LogP) is 3.73. The van der Waals surface area contributed by atoms with Crippen LogP contribution in [0.4, 0.5) is 0 Å². The third-order valence-electron chi connectivity index (χ3n) is 5.20. The van der Waals surface area contributed by atoms with Gasteiger partial charge in [-0.05, 0) is 48.6 Å². The molecule has 0 unspecified atom stereocenters. The van der Waals surface area contributed by atoms with Crippen molar-refractivity contribution in [1.29, 1.82) is 0 Å². The molecule has 1 amide bonds. The molecule has 2 aromatic rings. The number of likely N-dealkylation sites (tertiary alicyclic amines) is 1. The molecule has 1 saturated heterocycles. The first-order valence-corrected chi connectivity index (χ1v) is 10.7. The molecule has 6 nitrogen and oxygen atoms in total. The maximum atomic E-state index is 11.8. The number of carbonyl (C=O) groups is 1. The van der Waals surface area contributed by atoms with Gasteiger partial charge >= 0.3 is 0 Å². The van der Waals surface area contributed by atoms with Gasteiger partial charge in [-0.1, -0.05) is 36.4 Å². The van der Waals surface area contributed by atoms with Crippen molar-refractivity contribution in [2.24, 2.45) is 4.99 Å². The summed E-state index contributed by atoms with van der Waals surface area (Å²) in [5.74, 6) is 1.96. The van der Waals surface area contributed by atoms with E-state index in [1.54, 1.807) is 7.11 Å². The van der Waals surface area contributed by atoms with Gasteiger partial charge in [0.05, 0.1) is 13.7 Å². The van der Waals surface area contributed by atoms with E-state index in [-0.39, 0.29) is 29.9 Å². The van der Waals surface area contributed by atoms with E-state index in [1.165, 1.54) is 11.1 Å². The number of methoxy groups -OCH3 is 1. The number of ether oxygens (including phenoxy) is 1. The number of hydrogen-bond donors (Lipinski definition) is 2. The maximum absolute atomic E-state index is 11.8. The maximum Gasteiger partial charge on any atom is 0.222 e. The Morgan fingerprint density at radius 3 is 2.32 bits per heavy atom. The van der Waals surface area contributed by atoms with Crippen LogP contribution in [0.5, 0.6) is 5.75 Å². The smallest absolute Gasteiger partial charge is 0.222 e. The molecule has 1 heterocycles. The minimum absolute atomic E-state index is 0. The summed E-state index contributed by atoms with van der Waals surface area (Å²) < 4.78 is 5.20. The number of aliphatic imine (C=N–C) groups is 1. The third kappa shape index (κ3) is 8.05. The number of hydrogen-bond acceptors (Lipinski definition) is 3. The molecule has 0 spiro atoms. The van der Waals surface area contributed by atoms with Crippen LogP contribution in [0.15, 0.2) is 53.5 Å². The first kappa shape index (κ1) is 25.0. The number of rotatable bonds is 9. The van der Waals surface area contributed by atoms with Crippen molar-refractivity contribution in [3.63, 3.8) is 0 Å². The largest absolute Gasteiger partial charge is 0.497 e. The fourth-order valence-electron chi connectivity index (χ4n) is 3.47. The van der Waals surface area contributed by atoms with E-state index in [9.17, 15) is 4.79 Å². The molecule has 31 heavy (non-hydrogen) atoms. The van der Waals surface area contributed by atoms with E-state index in [2.05, 4.69) is 54.0 Å². The van der Waals surface area contributed by atoms with E-state index < -0.39 is 0 Å². The van der Waals surface area contributed by atoms with Crippen LogP contribution in [0.1, 0.15) is 36.5 Å². The zero-order chi connectivity index (χ0) is 21.2. The molecule has 0 saturated carbocycles. The van der Waals surface area contributed by atoms with Crippen LogP contribution >= 0.6 is 24.0 Å². The topological polar surface area (TPSA) is 66.0 Å². The molecule has 0 aromatic heterocycles. The molecule has 3 rings (SSSR count). The third-order valence-corrected chi connectivity index (χ3v) is 5.20. The summed E-state index contributed by atoms with van der Waals surface area (Å²) in [6, 6.07) is 16.5. The highest BCUT2D eigenvalue weighted by Gasteiger charge is 2.19. The van der Waals surface area contributed by atoms with Gasteiger partial charge in [0.15, 0.2) is 5.96 Å². The summed E-state index contributed by atoms with van der Waals surface area (Å²) in [5, 5.41) is 6.69. The van der Waals surface area contributed by atoms with Crippen molar-refractivity contribution in [1.82, 2.24) is 15.5 Å². The SMILES string of the molecule is CCNC(=NCc1ccc(CN2CCCC2=O)cc1)NCCc1ccc(OC)cc1.I. The fraction of sp³-hybridized carbons (Fsp3) is 0.417. The second-order valence-electron chi connectivity index (χ2n) is 7.46. The molecule has 2 N–H and O–H groups in total. The van der Waals surface area contributed by atoms with Crippen LogP contribution < -0.4 is 15.4 Å². The molecular weight excluding hydrogens is 503 g/mol. The Morgan fingerprint density at radius 1 is 1.03 bits per heavy atom. The Bertz CT molecular complexity index is 838. The van der Waals surface area contributed by atoms with Crippen molar-refractivity contribution in [3.8, 4) is 5.75 Å². The van der Waals surface area contributed by atoms with Gasteiger partial charge in [0.25, 0.3) is 0 Å². The zero-order valence-corrected chi connectivity index (χ0v) is 20.7. The van der Waals surface area contributed by atoms with E-state index >= 15 is 0 Å². The quantitative estimate of drug-likeness (QED) is 0.291. The van der Waals surface area contributed by atoms with E-state index in [0.29, 0.717) is 19.5 Å². The number of nitrogens with one attached hydrogen (secondary N) is 2. The molecule has 1 fully saturated rings. The summed E-state index contributed by atoms with van der Waals surface area (Å²) in [4.78, 5) is 18.4. The molecule has 0 bridgehead atoms. The lowest BCUT2D eigenvalue weighted by Crippen LogP contribution is -2.38. The van der Waals surface area contributed by atoms with Gasteiger partial charge in [0, 0.05) is 32.6 Å². The Kier molecular flexibility index (Phi) is 10.6. The minimum atomic E-state index is 0. The van der Waals surface area contributed by atoms with E-state index in [0.717, 1.165) is 49.7 Å². The van der Waals surface area contributed by atoms with E-state index in [1.807, 2.05) is 17.0 Å². The number of nitrogens with zero attached hydrogens (tertiary/aromatic N) is 2. The molecule has 0 aliphatic carbocycles.